The quantitative estimate of drug-likeness (QED) is 0.264. The van der Waals surface area contributed by atoms with Crippen LogP contribution in [0.4, 0.5) is 0 Å². The topological polar surface area (TPSA) is 240 Å². The maximum Gasteiger partial charge on any atom is 0.311 e. The van der Waals surface area contributed by atoms with Crippen LogP contribution in [0.3, 0.4) is 0 Å². The lowest BCUT2D eigenvalue weighted by Gasteiger charge is -2.38. The van der Waals surface area contributed by atoms with Gasteiger partial charge in [-0.25, -0.2) is 0 Å². The highest BCUT2D eigenvalue weighted by atomic mass is 32.2. The molecule has 4 aliphatic heterocycles. The third-order valence-electron chi connectivity index (χ3n) is 15.0. The van der Waals surface area contributed by atoms with E-state index in [2.05, 4.69) is 16.0 Å². The summed E-state index contributed by atoms with van der Waals surface area (Å²) in [6.07, 6.45) is -0.871. The van der Waals surface area contributed by atoms with Gasteiger partial charge in [0.05, 0.1) is 34.2 Å². The van der Waals surface area contributed by atoms with Crippen molar-refractivity contribution in [3.05, 3.63) is 71.8 Å². The van der Waals surface area contributed by atoms with Crippen LogP contribution in [0, 0.1) is 17.8 Å². The number of likely N-dealkylation sites (N-methyl/N-ethyl adjacent to an activating group) is 3. The Hall–Kier alpha value is -5.80. The first kappa shape index (κ1) is 60.4. The van der Waals surface area contributed by atoms with Gasteiger partial charge in [0, 0.05) is 51.7 Å². The largest absolute Gasteiger partial charge is 0.452 e. The number of thioether (sulfide) groups is 2. The molecule has 0 aliphatic carbocycles. The minimum absolute atomic E-state index is 0.0397. The molecule has 4 heterocycles. The van der Waals surface area contributed by atoms with Crippen LogP contribution in [-0.4, -0.2) is 188 Å². The Labute approximate surface area is 461 Å². The molecule has 0 aromatic heterocycles. The van der Waals surface area contributed by atoms with Gasteiger partial charge < -0.3 is 45.4 Å². The average Bonchev–Trinajstić information content (AvgIpc) is 4.23. The van der Waals surface area contributed by atoms with Crippen molar-refractivity contribution >= 4 is 80.9 Å². The number of carbonyl (C=O) groups is 8. The monoisotopic (exact) mass is 1100 g/mol. The molecule has 0 unspecified atom stereocenters. The second-order valence-corrected chi connectivity index (χ2v) is 23.6. The molecular weight excluding hydrogens is 1020 g/mol. The van der Waals surface area contributed by atoms with Crippen molar-refractivity contribution in [2.24, 2.45) is 27.7 Å². The Morgan fingerprint density at radius 1 is 0.675 bits per heavy atom. The number of cyclic esters (lactones) is 1. The summed E-state index contributed by atoms with van der Waals surface area (Å²) in [4.78, 5) is 131. The molecule has 1 fully saturated rings. The fourth-order valence-corrected chi connectivity index (χ4v) is 12.6. The van der Waals surface area contributed by atoms with E-state index in [1.54, 1.807) is 48.0 Å². The van der Waals surface area contributed by atoms with Crippen molar-refractivity contribution in [1.29, 1.82) is 0 Å². The van der Waals surface area contributed by atoms with Gasteiger partial charge in [-0.3, -0.25) is 48.3 Å². The number of benzene rings is 2. The summed E-state index contributed by atoms with van der Waals surface area (Å²) in [5.41, 5.74) is 1.62. The number of aliphatic hydroxyl groups excluding tert-OH is 1. The summed E-state index contributed by atoms with van der Waals surface area (Å²) in [5, 5.41) is 20.6. The summed E-state index contributed by atoms with van der Waals surface area (Å²) in [7, 11) is 4.70. The molecule has 7 amide bonds. The second kappa shape index (κ2) is 27.2. The molecule has 2 aromatic rings. The third kappa shape index (κ3) is 14.9. The highest BCUT2D eigenvalue weighted by Gasteiger charge is 2.46. The van der Waals surface area contributed by atoms with Crippen LogP contribution in [0.25, 0.3) is 0 Å². The zero-order chi connectivity index (χ0) is 56.4. The summed E-state index contributed by atoms with van der Waals surface area (Å²) < 4.78 is 6.06. The van der Waals surface area contributed by atoms with Crippen LogP contribution in [0.5, 0.6) is 0 Å². The fourth-order valence-electron chi connectivity index (χ4n) is 10.2. The SMILES string of the molecule is CC[C@H]1NC(=O)[C@@H]2CSC(=N2)[C@@H](Cc2ccccc2)N(C)C(=O)[C@@H]2CCCN2C(=O)[C@H](C(C)C)N(C)C(=O)[C@H](Cc2ccccc2)OC(=O)[C@H](C)[C@@H](C)NC(=O)[C@@H]([C@@H](C)O)NC(=O)[C@@H](CC(C)C)N(C)C(=O)[C@@H]2CSC1=N2. The van der Waals surface area contributed by atoms with Gasteiger partial charge in [-0.2, -0.15) is 0 Å². The molecule has 12 atom stereocenters. The predicted octanol–water partition coefficient (Wildman–Crippen LogP) is 3.50. The van der Waals surface area contributed by atoms with Crippen LogP contribution in [0.15, 0.2) is 70.6 Å². The van der Waals surface area contributed by atoms with E-state index in [1.807, 2.05) is 71.0 Å². The Bertz CT molecular complexity index is 2510. The van der Waals surface area contributed by atoms with Crippen LogP contribution >= 0.6 is 23.5 Å². The van der Waals surface area contributed by atoms with Crippen LogP contribution < -0.4 is 16.0 Å². The lowest BCUT2D eigenvalue weighted by atomic mass is 9.98. The van der Waals surface area contributed by atoms with E-state index in [9.17, 15) is 43.5 Å². The number of nitrogens with zero attached hydrogens (tertiary/aromatic N) is 6. The van der Waals surface area contributed by atoms with Gasteiger partial charge in [0.25, 0.3) is 5.91 Å². The molecule has 4 N–H and O–H groups in total. The molecule has 420 valence electrons. The lowest BCUT2D eigenvalue weighted by Crippen LogP contribution is -2.59. The number of carbonyl (C=O) groups excluding carboxylic acids is 8. The molecule has 4 bridgehead atoms. The minimum Gasteiger partial charge on any atom is -0.452 e. The molecule has 4 aliphatic rings. The molecule has 0 radical (unpaired) electrons. The van der Waals surface area contributed by atoms with Gasteiger partial charge >= 0.3 is 5.97 Å². The molecule has 77 heavy (non-hydrogen) atoms. The van der Waals surface area contributed by atoms with E-state index in [1.165, 1.54) is 61.3 Å². The Kier molecular flexibility index (Phi) is 21.3. The van der Waals surface area contributed by atoms with Gasteiger partial charge in [-0.05, 0) is 75.8 Å². The summed E-state index contributed by atoms with van der Waals surface area (Å²) in [6.45, 7) is 14.0. The molecule has 0 saturated carbocycles. The summed E-state index contributed by atoms with van der Waals surface area (Å²) in [6, 6.07) is 10.4. The number of esters is 1. The number of aliphatic hydroxyl groups is 1. The van der Waals surface area contributed by atoms with E-state index < -0.39 is 114 Å². The number of nitrogens with one attached hydrogen (secondary N) is 3. The van der Waals surface area contributed by atoms with Crippen molar-refractivity contribution in [1.82, 2.24) is 35.6 Å². The Morgan fingerprint density at radius 2 is 1.26 bits per heavy atom. The van der Waals surface area contributed by atoms with E-state index in [-0.39, 0.29) is 42.9 Å². The average molecular weight is 1100 g/mol. The van der Waals surface area contributed by atoms with E-state index >= 15 is 0 Å². The number of hydrogen-bond acceptors (Lipinski definition) is 14. The highest BCUT2D eigenvalue weighted by molar-refractivity contribution is 8.14. The van der Waals surface area contributed by atoms with E-state index in [0.29, 0.717) is 47.1 Å². The number of hydrogen-bond donors (Lipinski definition) is 4. The fraction of sp³-hybridized carbons (Fsp3) is 0.607. The van der Waals surface area contributed by atoms with Gasteiger partial charge in [0.2, 0.25) is 35.4 Å². The molecule has 2 aromatic carbocycles. The lowest BCUT2D eigenvalue weighted by molar-refractivity contribution is -0.166. The van der Waals surface area contributed by atoms with Gasteiger partial charge in [-0.15, -0.1) is 23.5 Å². The predicted molar refractivity (Wildman–Crippen MR) is 299 cm³/mol. The normalized spacial score (nSPS) is 29.6. The molecule has 19 nitrogen and oxygen atoms in total. The van der Waals surface area contributed by atoms with Crippen LogP contribution in [0.1, 0.15) is 92.2 Å². The molecule has 21 heteroatoms. The summed E-state index contributed by atoms with van der Waals surface area (Å²) in [5.74, 6) is -5.45. The van der Waals surface area contributed by atoms with Crippen LogP contribution in [0.2, 0.25) is 0 Å². The first-order valence-electron chi connectivity index (χ1n) is 26.9. The van der Waals surface area contributed by atoms with Crippen molar-refractivity contribution in [2.75, 3.05) is 39.2 Å². The van der Waals surface area contributed by atoms with Crippen molar-refractivity contribution in [2.45, 2.75) is 160 Å². The maximum atomic E-state index is 15.0. The molecule has 6 rings (SSSR count). The van der Waals surface area contributed by atoms with E-state index in [0.717, 1.165) is 5.56 Å². The zero-order valence-corrected chi connectivity index (χ0v) is 48.0. The second-order valence-electron chi connectivity index (χ2n) is 21.6. The number of ether oxygens (including phenoxy) is 1. The van der Waals surface area contributed by atoms with Gasteiger partial charge in [-0.1, -0.05) is 95.3 Å². The zero-order valence-electron chi connectivity index (χ0n) is 46.3. The molecule has 1 saturated heterocycles. The van der Waals surface area contributed by atoms with E-state index in [4.69, 9.17) is 14.7 Å². The number of rotatable bonds is 9. The first-order valence-corrected chi connectivity index (χ1v) is 28.9. The standard InChI is InChI=1S/C56H79N9O10S2/c1-12-38-50-60-40(30-76-50)52(70)62(9)42(26-31(2)3)48(68)61-45(35(8)66)49(69)57-34(7)33(6)56(74)75-44(28-37-22-17-14-18-23-37)54(72)64(11)46(32(4)5)55(73)65-25-19-24-41(65)53(71)63(10)43(27-36-20-15-13-16-21-36)51-59-39(29-77-51)47(67)58-38/h13-18,20-23,31-35,38-46,66H,12,19,24-30H2,1-11H3,(H,57,69)(H,58,67)(H,61,68)/t33-,34-,35-,38-,39+,40+,41+,42-,43-,44+,45-,46+/m1/s1. The van der Waals surface area contributed by atoms with Crippen molar-refractivity contribution in [3.63, 3.8) is 0 Å². The third-order valence-corrected chi connectivity index (χ3v) is 17.3. The van der Waals surface area contributed by atoms with Gasteiger partial charge in [0.15, 0.2) is 6.10 Å². The summed E-state index contributed by atoms with van der Waals surface area (Å²) >= 11 is 2.75. The minimum atomic E-state index is -1.50. The van der Waals surface area contributed by atoms with Crippen LogP contribution in [-0.2, 0) is 55.9 Å². The highest BCUT2D eigenvalue weighted by Crippen LogP contribution is 2.31. The Morgan fingerprint density at radius 3 is 1.86 bits per heavy atom. The first-order chi connectivity index (χ1) is 36.5. The number of amides is 7. The molecule has 0 spiro atoms. The van der Waals surface area contributed by atoms with Gasteiger partial charge in [0.1, 0.15) is 36.3 Å². The smallest absolute Gasteiger partial charge is 0.311 e. The van der Waals surface area contributed by atoms with Crippen molar-refractivity contribution in [3.8, 4) is 0 Å². The number of aliphatic imine (C=N–C) groups is 2. The Balaban J connectivity index is 1.38. The maximum absolute atomic E-state index is 15.0. The number of fused-ring (bicyclic) bond motifs is 3. The molecular formula is C56H79N9O10S2. The van der Waals surface area contributed by atoms with Crippen molar-refractivity contribution < 1.29 is 48.2 Å².